The standard InChI is InChI=1S/C14H14N4O3/c15-16-6-8-1-2-10-9(5-8)7-18(14(10)21)11-3-4-12(19)17-13(11)20/h1-2,5,11,15H,3-4,6-7H2,(H,17,19,20). The summed E-state index contributed by atoms with van der Waals surface area (Å²) in [7, 11) is 0. The average Bonchev–Trinajstić information content (AvgIpc) is 2.76. The number of piperidine rings is 1. The predicted molar refractivity (Wildman–Crippen MR) is 71.3 cm³/mol. The molecule has 7 heteroatoms. The molecule has 1 aromatic carbocycles. The number of hydrogen-bond acceptors (Lipinski definition) is 5. The molecule has 3 amide bonds. The number of imide groups is 1. The van der Waals surface area contributed by atoms with Crippen LogP contribution in [0.3, 0.4) is 0 Å². The van der Waals surface area contributed by atoms with E-state index in [9.17, 15) is 14.4 Å². The van der Waals surface area contributed by atoms with Crippen molar-refractivity contribution in [2.45, 2.75) is 32.0 Å². The number of nitrogens with zero attached hydrogens (tertiary/aromatic N) is 2. The summed E-state index contributed by atoms with van der Waals surface area (Å²) in [6, 6.07) is 4.73. The fraction of sp³-hybridized carbons (Fsp3) is 0.357. The molecule has 2 N–H and O–H groups in total. The smallest absolute Gasteiger partial charge is 0.255 e. The number of fused-ring (bicyclic) bond motifs is 1. The van der Waals surface area contributed by atoms with Gasteiger partial charge in [0.15, 0.2) is 0 Å². The van der Waals surface area contributed by atoms with Crippen LogP contribution in [0.2, 0.25) is 0 Å². The van der Waals surface area contributed by atoms with Crippen LogP contribution < -0.4 is 5.32 Å². The van der Waals surface area contributed by atoms with Crippen LogP contribution in [-0.4, -0.2) is 28.7 Å². The quantitative estimate of drug-likeness (QED) is 0.639. The Labute approximate surface area is 120 Å². The molecule has 3 rings (SSSR count). The Balaban J connectivity index is 1.84. The first kappa shape index (κ1) is 13.4. The van der Waals surface area contributed by atoms with E-state index >= 15 is 0 Å². The maximum atomic E-state index is 12.4. The molecule has 1 saturated heterocycles. The van der Waals surface area contributed by atoms with Gasteiger partial charge in [0, 0.05) is 18.5 Å². The molecule has 0 aromatic heterocycles. The molecule has 1 fully saturated rings. The maximum Gasteiger partial charge on any atom is 0.255 e. The summed E-state index contributed by atoms with van der Waals surface area (Å²) in [5.41, 5.74) is 9.16. The highest BCUT2D eigenvalue weighted by Gasteiger charge is 2.38. The number of rotatable bonds is 3. The maximum absolute atomic E-state index is 12.4. The van der Waals surface area contributed by atoms with Gasteiger partial charge in [0.2, 0.25) is 11.8 Å². The molecular formula is C14H14N4O3. The van der Waals surface area contributed by atoms with E-state index in [1.54, 1.807) is 12.1 Å². The summed E-state index contributed by atoms with van der Waals surface area (Å²) in [6.07, 6.45) is 0.610. The summed E-state index contributed by atoms with van der Waals surface area (Å²) in [6.45, 7) is 0.631. The molecule has 1 aromatic rings. The monoisotopic (exact) mass is 286 g/mol. The molecule has 1 atom stereocenters. The Kier molecular flexibility index (Phi) is 3.25. The van der Waals surface area contributed by atoms with Crippen LogP contribution in [0.1, 0.15) is 34.3 Å². The molecule has 0 bridgehead atoms. The van der Waals surface area contributed by atoms with Gasteiger partial charge in [-0.1, -0.05) is 12.1 Å². The Morgan fingerprint density at radius 2 is 2.14 bits per heavy atom. The molecule has 0 aliphatic carbocycles. The zero-order valence-electron chi connectivity index (χ0n) is 11.3. The number of benzene rings is 1. The number of carbonyl (C=O) groups is 3. The molecule has 7 nitrogen and oxygen atoms in total. The van der Waals surface area contributed by atoms with E-state index in [4.69, 9.17) is 5.53 Å². The second kappa shape index (κ2) is 5.08. The molecule has 108 valence electrons. The number of nitrogens with one attached hydrogen (secondary N) is 2. The summed E-state index contributed by atoms with van der Waals surface area (Å²) < 4.78 is 0. The van der Waals surface area contributed by atoms with E-state index in [2.05, 4.69) is 10.4 Å². The Morgan fingerprint density at radius 1 is 1.33 bits per heavy atom. The van der Waals surface area contributed by atoms with Crippen LogP contribution in [0.15, 0.2) is 23.3 Å². The van der Waals surface area contributed by atoms with Gasteiger partial charge in [-0.2, -0.15) is 5.11 Å². The highest BCUT2D eigenvalue weighted by atomic mass is 16.2. The first-order valence-corrected chi connectivity index (χ1v) is 6.70. The minimum Gasteiger partial charge on any atom is -0.322 e. The lowest BCUT2D eigenvalue weighted by molar-refractivity contribution is -0.136. The van der Waals surface area contributed by atoms with Crippen molar-refractivity contribution in [1.29, 1.82) is 5.53 Å². The van der Waals surface area contributed by atoms with Crippen molar-refractivity contribution in [3.63, 3.8) is 0 Å². The molecule has 21 heavy (non-hydrogen) atoms. The second-order valence-electron chi connectivity index (χ2n) is 5.21. The summed E-state index contributed by atoms with van der Waals surface area (Å²) >= 11 is 0. The van der Waals surface area contributed by atoms with Crippen LogP contribution >= 0.6 is 0 Å². The number of carbonyl (C=O) groups excluding carboxylic acids is 3. The van der Waals surface area contributed by atoms with Gasteiger partial charge in [0.25, 0.3) is 5.91 Å². The van der Waals surface area contributed by atoms with Crippen molar-refractivity contribution < 1.29 is 14.4 Å². The summed E-state index contributed by atoms with van der Waals surface area (Å²) in [5, 5.41) is 5.60. The first-order chi connectivity index (χ1) is 10.1. The van der Waals surface area contributed by atoms with Crippen molar-refractivity contribution in [2.24, 2.45) is 5.11 Å². The van der Waals surface area contributed by atoms with Crippen molar-refractivity contribution in [2.75, 3.05) is 0 Å². The Bertz CT molecular complexity index is 656. The van der Waals surface area contributed by atoms with Gasteiger partial charge in [-0.3, -0.25) is 19.7 Å². The third-order valence-corrected chi connectivity index (χ3v) is 3.85. The lowest BCUT2D eigenvalue weighted by Gasteiger charge is -2.29. The van der Waals surface area contributed by atoms with Gasteiger partial charge in [-0.15, -0.1) is 0 Å². The Hall–Kier alpha value is -2.57. The van der Waals surface area contributed by atoms with E-state index in [1.165, 1.54) is 4.90 Å². The van der Waals surface area contributed by atoms with Gasteiger partial charge < -0.3 is 4.90 Å². The fourth-order valence-corrected chi connectivity index (χ4v) is 2.82. The molecule has 0 saturated carbocycles. The van der Waals surface area contributed by atoms with E-state index in [0.717, 1.165) is 11.1 Å². The van der Waals surface area contributed by atoms with E-state index in [0.29, 0.717) is 18.5 Å². The SMILES string of the molecule is N=NCc1ccc2c(c1)CN(C1CCC(=O)NC1=O)C2=O. The van der Waals surface area contributed by atoms with Crippen molar-refractivity contribution in [1.82, 2.24) is 10.2 Å². The number of amides is 3. The molecule has 0 radical (unpaired) electrons. The summed E-state index contributed by atoms with van der Waals surface area (Å²) in [4.78, 5) is 37.0. The van der Waals surface area contributed by atoms with Crippen LogP contribution in [0, 0.1) is 5.53 Å². The fourth-order valence-electron chi connectivity index (χ4n) is 2.82. The van der Waals surface area contributed by atoms with Crippen molar-refractivity contribution in [3.8, 4) is 0 Å². The highest BCUT2D eigenvalue weighted by Crippen LogP contribution is 2.28. The average molecular weight is 286 g/mol. The lowest BCUT2D eigenvalue weighted by atomic mass is 10.0. The van der Waals surface area contributed by atoms with Gasteiger partial charge in [0.05, 0.1) is 6.54 Å². The van der Waals surface area contributed by atoms with E-state index < -0.39 is 11.9 Å². The third kappa shape index (κ3) is 2.31. The van der Waals surface area contributed by atoms with Gasteiger partial charge in [-0.05, 0) is 23.6 Å². The zero-order valence-corrected chi connectivity index (χ0v) is 11.3. The normalized spacial score (nSPS) is 21.2. The van der Waals surface area contributed by atoms with Crippen molar-refractivity contribution >= 4 is 17.7 Å². The molecular weight excluding hydrogens is 272 g/mol. The van der Waals surface area contributed by atoms with Gasteiger partial charge in [0.1, 0.15) is 6.04 Å². The molecule has 1 unspecified atom stereocenters. The molecule has 2 aliphatic heterocycles. The lowest BCUT2D eigenvalue weighted by Crippen LogP contribution is -2.52. The molecule has 2 heterocycles. The number of hydrogen-bond donors (Lipinski definition) is 2. The zero-order chi connectivity index (χ0) is 15.0. The topological polar surface area (TPSA) is 103 Å². The second-order valence-corrected chi connectivity index (χ2v) is 5.21. The predicted octanol–water partition coefficient (Wildman–Crippen LogP) is 0.979. The minimum absolute atomic E-state index is 0.186. The van der Waals surface area contributed by atoms with E-state index in [1.807, 2.05) is 6.07 Å². The van der Waals surface area contributed by atoms with Crippen LogP contribution in [0.4, 0.5) is 0 Å². The van der Waals surface area contributed by atoms with Crippen LogP contribution in [0.25, 0.3) is 0 Å². The first-order valence-electron chi connectivity index (χ1n) is 6.70. The van der Waals surface area contributed by atoms with Crippen LogP contribution in [0.5, 0.6) is 0 Å². The summed E-state index contributed by atoms with van der Waals surface area (Å²) in [5.74, 6) is -0.887. The van der Waals surface area contributed by atoms with Crippen molar-refractivity contribution in [3.05, 3.63) is 34.9 Å². The van der Waals surface area contributed by atoms with Gasteiger partial charge in [-0.25, -0.2) is 5.53 Å². The minimum atomic E-state index is -0.591. The largest absolute Gasteiger partial charge is 0.322 e. The third-order valence-electron chi connectivity index (χ3n) is 3.85. The van der Waals surface area contributed by atoms with Crippen LogP contribution in [-0.2, 0) is 22.7 Å². The highest BCUT2D eigenvalue weighted by molar-refractivity contribution is 6.05. The van der Waals surface area contributed by atoms with E-state index in [-0.39, 0.29) is 24.8 Å². The molecule has 2 aliphatic rings. The molecule has 0 spiro atoms. The Morgan fingerprint density at radius 3 is 2.86 bits per heavy atom. The van der Waals surface area contributed by atoms with Gasteiger partial charge >= 0.3 is 0 Å².